The molecule has 1 aromatic heterocycles. The molecule has 1 unspecified atom stereocenters. The van der Waals surface area contributed by atoms with Crippen LogP contribution in [-0.2, 0) is 0 Å². The number of fused-ring (bicyclic) bond motifs is 1. The zero-order valence-corrected chi connectivity index (χ0v) is 9.61. The molecule has 0 saturated carbocycles. The standard InChI is InChI=1S/C13H17N3/c1-2-16-8-7-10(9-16)13-14-11-5-3-4-6-12(11)15-13/h3-6,10H,2,7-9H2,1H3,(H,14,15). The Balaban J connectivity index is 1.89. The average molecular weight is 215 g/mol. The van der Waals surface area contributed by atoms with Crippen LogP contribution in [0.15, 0.2) is 24.3 Å². The van der Waals surface area contributed by atoms with E-state index >= 15 is 0 Å². The molecule has 1 fully saturated rings. The Morgan fingerprint density at radius 1 is 1.44 bits per heavy atom. The summed E-state index contributed by atoms with van der Waals surface area (Å²) in [7, 11) is 0. The Morgan fingerprint density at radius 3 is 3.06 bits per heavy atom. The molecule has 1 N–H and O–H groups in total. The molecule has 84 valence electrons. The SMILES string of the molecule is CCN1CCC(c2nc3ccccc3[nH]2)C1. The van der Waals surface area contributed by atoms with E-state index in [9.17, 15) is 0 Å². The molecule has 2 heterocycles. The monoisotopic (exact) mass is 215 g/mol. The highest BCUT2D eigenvalue weighted by atomic mass is 15.1. The van der Waals surface area contributed by atoms with Crippen molar-refractivity contribution in [3.05, 3.63) is 30.1 Å². The molecular weight excluding hydrogens is 198 g/mol. The number of nitrogens with one attached hydrogen (secondary N) is 1. The van der Waals surface area contributed by atoms with E-state index in [0.29, 0.717) is 5.92 Å². The number of H-pyrrole nitrogens is 1. The van der Waals surface area contributed by atoms with Crippen molar-refractivity contribution in [1.82, 2.24) is 14.9 Å². The molecule has 0 amide bonds. The van der Waals surface area contributed by atoms with E-state index in [-0.39, 0.29) is 0 Å². The topological polar surface area (TPSA) is 31.9 Å². The molecule has 3 nitrogen and oxygen atoms in total. The van der Waals surface area contributed by atoms with Gasteiger partial charge >= 0.3 is 0 Å². The zero-order valence-electron chi connectivity index (χ0n) is 9.61. The van der Waals surface area contributed by atoms with Crippen molar-refractivity contribution in [2.75, 3.05) is 19.6 Å². The number of rotatable bonds is 2. The Morgan fingerprint density at radius 2 is 2.31 bits per heavy atom. The number of hydrogen-bond acceptors (Lipinski definition) is 2. The molecule has 1 aliphatic heterocycles. The number of para-hydroxylation sites is 2. The van der Waals surface area contributed by atoms with E-state index in [0.717, 1.165) is 29.9 Å². The van der Waals surface area contributed by atoms with Gasteiger partial charge in [0.1, 0.15) is 5.82 Å². The van der Waals surface area contributed by atoms with Gasteiger partial charge in [-0.15, -0.1) is 0 Å². The molecule has 0 bridgehead atoms. The van der Waals surface area contributed by atoms with Crippen LogP contribution in [0.5, 0.6) is 0 Å². The number of imidazole rings is 1. The smallest absolute Gasteiger partial charge is 0.111 e. The van der Waals surface area contributed by atoms with Gasteiger partial charge in [-0.2, -0.15) is 0 Å². The van der Waals surface area contributed by atoms with E-state index in [4.69, 9.17) is 0 Å². The molecule has 0 spiro atoms. The van der Waals surface area contributed by atoms with E-state index < -0.39 is 0 Å². The summed E-state index contributed by atoms with van der Waals surface area (Å²) >= 11 is 0. The predicted octanol–water partition coefficient (Wildman–Crippen LogP) is 2.37. The van der Waals surface area contributed by atoms with Crippen LogP contribution in [0.25, 0.3) is 11.0 Å². The molecule has 1 aromatic carbocycles. The maximum absolute atomic E-state index is 4.68. The lowest BCUT2D eigenvalue weighted by Crippen LogP contribution is -2.19. The quantitative estimate of drug-likeness (QED) is 0.834. The molecule has 1 atom stereocenters. The van der Waals surface area contributed by atoms with Crippen molar-refractivity contribution in [2.45, 2.75) is 19.3 Å². The number of nitrogens with zero attached hydrogens (tertiary/aromatic N) is 2. The van der Waals surface area contributed by atoms with Gasteiger partial charge in [-0.3, -0.25) is 0 Å². The third-order valence-corrected chi connectivity index (χ3v) is 3.51. The van der Waals surface area contributed by atoms with Crippen LogP contribution in [0.2, 0.25) is 0 Å². The summed E-state index contributed by atoms with van der Waals surface area (Å²) in [6, 6.07) is 8.26. The lowest BCUT2D eigenvalue weighted by molar-refractivity contribution is 0.353. The number of likely N-dealkylation sites (tertiary alicyclic amines) is 1. The second-order valence-corrected chi connectivity index (χ2v) is 4.52. The maximum Gasteiger partial charge on any atom is 0.111 e. The van der Waals surface area contributed by atoms with Gasteiger partial charge in [-0.05, 0) is 31.6 Å². The van der Waals surface area contributed by atoms with E-state index in [1.165, 1.54) is 13.0 Å². The van der Waals surface area contributed by atoms with Crippen LogP contribution in [0.4, 0.5) is 0 Å². The van der Waals surface area contributed by atoms with Crippen LogP contribution in [0, 0.1) is 0 Å². The van der Waals surface area contributed by atoms with Gasteiger partial charge in [0.2, 0.25) is 0 Å². The Bertz CT molecular complexity index is 456. The number of aromatic amines is 1. The van der Waals surface area contributed by atoms with Gasteiger partial charge in [0.25, 0.3) is 0 Å². The highest BCUT2D eigenvalue weighted by molar-refractivity contribution is 5.74. The highest BCUT2D eigenvalue weighted by Gasteiger charge is 2.24. The van der Waals surface area contributed by atoms with Crippen molar-refractivity contribution in [3.8, 4) is 0 Å². The average Bonchev–Trinajstić information content (AvgIpc) is 2.95. The molecule has 0 aliphatic carbocycles. The molecule has 0 radical (unpaired) electrons. The van der Waals surface area contributed by atoms with Crippen molar-refractivity contribution in [2.24, 2.45) is 0 Å². The summed E-state index contributed by atoms with van der Waals surface area (Å²) in [5, 5.41) is 0. The Kier molecular flexibility index (Phi) is 2.40. The summed E-state index contributed by atoms with van der Waals surface area (Å²) in [6.07, 6.45) is 1.23. The lowest BCUT2D eigenvalue weighted by Gasteiger charge is -2.11. The van der Waals surface area contributed by atoms with Crippen LogP contribution in [-0.4, -0.2) is 34.5 Å². The molecule has 3 heteroatoms. The van der Waals surface area contributed by atoms with Crippen LogP contribution >= 0.6 is 0 Å². The Labute approximate surface area is 95.5 Å². The van der Waals surface area contributed by atoms with Crippen LogP contribution < -0.4 is 0 Å². The first-order chi connectivity index (χ1) is 7.86. The molecule has 16 heavy (non-hydrogen) atoms. The molecule has 1 saturated heterocycles. The van der Waals surface area contributed by atoms with Crippen LogP contribution in [0.1, 0.15) is 25.1 Å². The lowest BCUT2D eigenvalue weighted by atomic mass is 10.1. The number of aromatic nitrogens is 2. The number of benzene rings is 1. The number of likely N-dealkylation sites (N-methyl/N-ethyl adjacent to an activating group) is 1. The summed E-state index contributed by atoms with van der Waals surface area (Å²) < 4.78 is 0. The van der Waals surface area contributed by atoms with Crippen LogP contribution in [0.3, 0.4) is 0 Å². The second-order valence-electron chi connectivity index (χ2n) is 4.52. The van der Waals surface area contributed by atoms with Gasteiger partial charge in [-0.1, -0.05) is 19.1 Å². The third-order valence-electron chi connectivity index (χ3n) is 3.51. The van der Waals surface area contributed by atoms with Gasteiger partial charge in [0.15, 0.2) is 0 Å². The third kappa shape index (κ3) is 1.61. The Hall–Kier alpha value is -1.35. The van der Waals surface area contributed by atoms with E-state index in [1.54, 1.807) is 0 Å². The largest absolute Gasteiger partial charge is 0.342 e. The minimum atomic E-state index is 0.590. The second kappa shape index (κ2) is 3.91. The van der Waals surface area contributed by atoms with Crippen molar-refractivity contribution in [3.63, 3.8) is 0 Å². The number of hydrogen-bond donors (Lipinski definition) is 1. The molecule has 1 aliphatic rings. The first-order valence-corrected chi connectivity index (χ1v) is 6.04. The fourth-order valence-electron chi connectivity index (χ4n) is 2.51. The van der Waals surface area contributed by atoms with E-state index in [1.807, 2.05) is 6.07 Å². The molecule has 3 rings (SSSR count). The normalized spacial score (nSPS) is 21.9. The molecule has 2 aromatic rings. The van der Waals surface area contributed by atoms with Gasteiger partial charge < -0.3 is 9.88 Å². The summed E-state index contributed by atoms with van der Waals surface area (Å²) in [6.45, 7) is 5.73. The fourth-order valence-corrected chi connectivity index (χ4v) is 2.51. The first kappa shape index (κ1) is 9.85. The summed E-state index contributed by atoms with van der Waals surface area (Å²) in [5.74, 6) is 1.75. The predicted molar refractivity (Wildman–Crippen MR) is 65.6 cm³/mol. The zero-order chi connectivity index (χ0) is 11.0. The van der Waals surface area contributed by atoms with E-state index in [2.05, 4.69) is 40.0 Å². The first-order valence-electron chi connectivity index (χ1n) is 6.04. The highest BCUT2D eigenvalue weighted by Crippen LogP contribution is 2.26. The van der Waals surface area contributed by atoms with Crippen molar-refractivity contribution < 1.29 is 0 Å². The minimum Gasteiger partial charge on any atom is -0.342 e. The minimum absolute atomic E-state index is 0.590. The molecular formula is C13H17N3. The van der Waals surface area contributed by atoms with Gasteiger partial charge in [0, 0.05) is 12.5 Å². The van der Waals surface area contributed by atoms with Gasteiger partial charge in [-0.25, -0.2) is 4.98 Å². The van der Waals surface area contributed by atoms with Crippen molar-refractivity contribution in [1.29, 1.82) is 0 Å². The fraction of sp³-hybridized carbons (Fsp3) is 0.462. The van der Waals surface area contributed by atoms with Gasteiger partial charge in [0.05, 0.1) is 11.0 Å². The summed E-state index contributed by atoms with van der Waals surface area (Å²) in [5.41, 5.74) is 2.25. The summed E-state index contributed by atoms with van der Waals surface area (Å²) in [4.78, 5) is 10.6. The maximum atomic E-state index is 4.68. The van der Waals surface area contributed by atoms with Crippen molar-refractivity contribution >= 4 is 11.0 Å².